The monoisotopic (exact) mass is 400 g/mol. The molecule has 0 unspecified atom stereocenters. The van der Waals surface area contributed by atoms with Crippen molar-refractivity contribution >= 4 is 21.4 Å². The molecular formula is C18H19F3N2O3S. The molecule has 2 aromatic rings. The lowest BCUT2D eigenvalue weighted by Gasteiger charge is -2.15. The van der Waals surface area contributed by atoms with Gasteiger partial charge in [0.15, 0.2) is 5.75 Å². The maximum absolute atomic E-state index is 12.7. The maximum Gasteiger partial charge on any atom is 0.516 e. The highest BCUT2D eigenvalue weighted by molar-refractivity contribution is 7.93. The van der Waals surface area contributed by atoms with Crippen molar-refractivity contribution in [3.8, 4) is 5.75 Å². The Kier molecular flexibility index (Phi) is 6.15. The summed E-state index contributed by atoms with van der Waals surface area (Å²) in [5, 5.41) is 4.01. The van der Waals surface area contributed by atoms with Crippen LogP contribution in [0, 0.1) is 13.8 Å². The highest BCUT2D eigenvalue weighted by Gasteiger charge is 2.46. The van der Waals surface area contributed by atoms with Gasteiger partial charge in [-0.3, -0.25) is 4.72 Å². The lowest BCUT2D eigenvalue weighted by Crippen LogP contribution is -2.30. The minimum atomic E-state index is -5.55. The molecule has 0 amide bonds. The van der Waals surface area contributed by atoms with Gasteiger partial charge in [0.05, 0.1) is 11.4 Å². The predicted octanol–water partition coefficient (Wildman–Crippen LogP) is 4.76. The summed E-state index contributed by atoms with van der Waals surface area (Å²) in [5.74, 6) is 0.455. The molecule has 0 aliphatic rings. The number of alkyl halides is 3. The summed E-state index contributed by atoms with van der Waals surface area (Å²) in [5.41, 5.74) is -3.35. The van der Waals surface area contributed by atoms with Crippen molar-refractivity contribution in [1.82, 2.24) is 0 Å². The fraction of sp³-hybridized carbons (Fsp3) is 0.278. The zero-order valence-electron chi connectivity index (χ0n) is 15.0. The summed E-state index contributed by atoms with van der Waals surface area (Å²) in [4.78, 5) is 5.35. The van der Waals surface area contributed by atoms with Gasteiger partial charge in [0, 0.05) is 5.56 Å². The summed E-state index contributed by atoms with van der Waals surface area (Å²) < 4.78 is 62.7. The van der Waals surface area contributed by atoms with Gasteiger partial charge in [0.2, 0.25) is 0 Å². The number of anilines is 1. The Bertz CT molecular complexity index is 937. The van der Waals surface area contributed by atoms with E-state index in [4.69, 9.17) is 4.84 Å². The van der Waals surface area contributed by atoms with Crippen molar-refractivity contribution in [1.29, 1.82) is 0 Å². The molecule has 0 saturated heterocycles. The van der Waals surface area contributed by atoms with E-state index in [1.165, 1.54) is 12.1 Å². The third kappa shape index (κ3) is 5.22. The number of nitrogens with zero attached hydrogens (tertiary/aromatic N) is 1. The molecule has 9 heteroatoms. The highest BCUT2D eigenvalue weighted by atomic mass is 32.2. The van der Waals surface area contributed by atoms with E-state index < -0.39 is 15.5 Å². The molecule has 5 nitrogen and oxygen atoms in total. The van der Waals surface area contributed by atoms with Crippen LogP contribution in [-0.4, -0.2) is 19.6 Å². The van der Waals surface area contributed by atoms with Gasteiger partial charge in [0.25, 0.3) is 0 Å². The van der Waals surface area contributed by atoms with Crippen LogP contribution < -0.4 is 9.56 Å². The average Bonchev–Trinajstić information content (AvgIpc) is 2.58. The van der Waals surface area contributed by atoms with Gasteiger partial charge < -0.3 is 4.84 Å². The molecule has 2 aromatic carbocycles. The largest absolute Gasteiger partial charge is 0.516 e. The molecule has 2 rings (SSSR count). The molecule has 27 heavy (non-hydrogen) atoms. The van der Waals surface area contributed by atoms with Crippen LogP contribution in [0.25, 0.3) is 0 Å². The van der Waals surface area contributed by atoms with Crippen LogP contribution >= 0.6 is 0 Å². The zero-order valence-corrected chi connectivity index (χ0v) is 15.8. The van der Waals surface area contributed by atoms with Crippen molar-refractivity contribution < 1.29 is 26.4 Å². The first kappa shape index (κ1) is 20.8. The lowest BCUT2D eigenvalue weighted by atomic mass is 10.0. The van der Waals surface area contributed by atoms with Crippen LogP contribution in [0.15, 0.2) is 47.6 Å². The van der Waals surface area contributed by atoms with Gasteiger partial charge in [-0.2, -0.15) is 21.6 Å². The van der Waals surface area contributed by atoms with E-state index in [1.807, 2.05) is 19.1 Å². The van der Waals surface area contributed by atoms with E-state index in [2.05, 4.69) is 5.16 Å². The zero-order chi connectivity index (χ0) is 20.2. The third-order valence-corrected chi connectivity index (χ3v) is 4.75. The highest BCUT2D eigenvalue weighted by Crippen LogP contribution is 2.28. The van der Waals surface area contributed by atoms with E-state index in [1.54, 1.807) is 36.8 Å². The van der Waals surface area contributed by atoms with Gasteiger partial charge >= 0.3 is 15.5 Å². The SMILES string of the molecule is CC/C(=N\Oc1ccc(C)cc1)c1cc(C)ccc1NS(=O)(=O)C(F)(F)F. The van der Waals surface area contributed by atoms with Gasteiger partial charge in [-0.25, -0.2) is 0 Å². The molecule has 1 N–H and O–H groups in total. The second kappa shape index (κ2) is 7.99. The van der Waals surface area contributed by atoms with Crippen molar-refractivity contribution in [2.75, 3.05) is 4.72 Å². The minimum Gasteiger partial charge on any atom is -0.357 e. The molecule has 0 radical (unpaired) electrons. The van der Waals surface area contributed by atoms with Crippen molar-refractivity contribution in [2.45, 2.75) is 32.7 Å². The van der Waals surface area contributed by atoms with E-state index in [-0.39, 0.29) is 11.3 Å². The minimum absolute atomic E-state index is 0.217. The van der Waals surface area contributed by atoms with Gasteiger partial charge in [0.1, 0.15) is 0 Å². The fourth-order valence-corrected chi connectivity index (χ4v) is 2.78. The molecule has 0 atom stereocenters. The predicted molar refractivity (Wildman–Crippen MR) is 98.4 cm³/mol. The van der Waals surface area contributed by atoms with Gasteiger partial charge in [-0.05, 0) is 44.5 Å². The summed E-state index contributed by atoms with van der Waals surface area (Å²) in [6.07, 6.45) is 0.316. The van der Waals surface area contributed by atoms with Crippen molar-refractivity contribution in [3.05, 3.63) is 59.2 Å². The number of nitrogens with one attached hydrogen (secondary N) is 1. The molecular weight excluding hydrogens is 381 g/mol. The van der Waals surface area contributed by atoms with Crippen LogP contribution in [-0.2, 0) is 10.0 Å². The van der Waals surface area contributed by atoms with E-state index in [0.717, 1.165) is 11.1 Å². The second-order valence-corrected chi connectivity index (χ2v) is 7.57. The molecule has 0 bridgehead atoms. The van der Waals surface area contributed by atoms with Crippen LogP contribution in [0.4, 0.5) is 18.9 Å². The van der Waals surface area contributed by atoms with Crippen molar-refractivity contribution in [2.24, 2.45) is 5.16 Å². The first-order chi connectivity index (χ1) is 12.5. The van der Waals surface area contributed by atoms with E-state index in [9.17, 15) is 21.6 Å². The second-order valence-electron chi connectivity index (χ2n) is 5.90. The maximum atomic E-state index is 12.7. The molecule has 0 saturated carbocycles. The number of oxime groups is 1. The number of aryl methyl sites for hydroxylation is 2. The Hall–Kier alpha value is -2.55. The average molecular weight is 400 g/mol. The Morgan fingerprint density at radius 1 is 1.07 bits per heavy atom. The summed E-state index contributed by atoms with van der Waals surface area (Å²) in [6, 6.07) is 11.4. The van der Waals surface area contributed by atoms with E-state index in [0.29, 0.717) is 17.9 Å². The summed E-state index contributed by atoms with van der Waals surface area (Å²) >= 11 is 0. The quantitative estimate of drug-likeness (QED) is 0.562. The molecule has 0 fully saturated rings. The summed E-state index contributed by atoms with van der Waals surface area (Å²) in [7, 11) is -5.55. The third-order valence-electron chi connectivity index (χ3n) is 3.65. The molecule has 0 heterocycles. The van der Waals surface area contributed by atoms with Crippen LogP contribution in [0.2, 0.25) is 0 Å². The molecule has 0 aliphatic heterocycles. The number of benzene rings is 2. The van der Waals surface area contributed by atoms with Crippen LogP contribution in [0.5, 0.6) is 5.75 Å². The Balaban J connectivity index is 2.40. The number of hydrogen-bond donors (Lipinski definition) is 1. The normalized spacial score (nSPS) is 12.7. The first-order valence-corrected chi connectivity index (χ1v) is 9.52. The lowest BCUT2D eigenvalue weighted by molar-refractivity contribution is -0.0429. The Morgan fingerprint density at radius 2 is 1.67 bits per heavy atom. The molecule has 0 aromatic heterocycles. The number of sulfonamides is 1. The smallest absolute Gasteiger partial charge is 0.357 e. The first-order valence-electron chi connectivity index (χ1n) is 8.04. The Morgan fingerprint density at radius 3 is 2.22 bits per heavy atom. The molecule has 146 valence electrons. The van der Waals surface area contributed by atoms with Gasteiger partial charge in [-0.15, -0.1) is 0 Å². The topological polar surface area (TPSA) is 67.8 Å². The van der Waals surface area contributed by atoms with Gasteiger partial charge in [-0.1, -0.05) is 41.4 Å². The Labute approximate surface area is 155 Å². The molecule has 0 aliphatic carbocycles. The fourth-order valence-electron chi connectivity index (χ4n) is 2.20. The van der Waals surface area contributed by atoms with Crippen LogP contribution in [0.1, 0.15) is 30.0 Å². The summed E-state index contributed by atoms with van der Waals surface area (Å²) in [6.45, 7) is 5.39. The van der Waals surface area contributed by atoms with E-state index >= 15 is 0 Å². The number of halogens is 3. The number of rotatable bonds is 6. The molecule has 0 spiro atoms. The number of hydrogen-bond acceptors (Lipinski definition) is 4. The van der Waals surface area contributed by atoms with Crippen molar-refractivity contribution in [3.63, 3.8) is 0 Å². The van der Waals surface area contributed by atoms with Crippen LogP contribution in [0.3, 0.4) is 0 Å². The standard InChI is InChI=1S/C18H19F3N2O3S/c1-4-16(22-26-14-8-5-12(2)6-9-14)15-11-13(3)7-10-17(15)23-27(24,25)18(19,20)21/h5-11,23H,4H2,1-3H3/b22-16+.